The fourth-order valence-electron chi connectivity index (χ4n) is 1.31. The molecule has 0 bridgehead atoms. The van der Waals surface area contributed by atoms with E-state index in [0.29, 0.717) is 26.3 Å². The smallest absolute Gasteiger partial charge is 0.246 e. The van der Waals surface area contributed by atoms with Gasteiger partial charge in [-0.05, 0) is 13.1 Å². The fraction of sp³-hybridized carbons (Fsp3) is 0.667. The van der Waals surface area contributed by atoms with E-state index in [2.05, 4.69) is 11.9 Å². The molecule has 1 N–H and O–H groups in total. The van der Waals surface area contributed by atoms with Crippen LogP contribution in [0.3, 0.4) is 0 Å². The van der Waals surface area contributed by atoms with Crippen molar-refractivity contribution in [1.29, 1.82) is 0 Å². The van der Waals surface area contributed by atoms with Gasteiger partial charge in [0.2, 0.25) is 5.91 Å². The Balaban J connectivity index is 2.53. The molecule has 1 aliphatic rings. The molecule has 0 aromatic rings. The van der Waals surface area contributed by atoms with Gasteiger partial charge in [0.1, 0.15) is 0 Å². The molecule has 74 valence electrons. The first-order chi connectivity index (χ1) is 6.27. The van der Waals surface area contributed by atoms with Gasteiger partial charge in [-0.2, -0.15) is 0 Å². The van der Waals surface area contributed by atoms with Crippen molar-refractivity contribution in [2.75, 3.05) is 33.4 Å². The molecular formula is C9H16N2O2. The molecule has 0 radical (unpaired) electrons. The number of rotatable bonds is 2. The van der Waals surface area contributed by atoms with Gasteiger partial charge >= 0.3 is 0 Å². The van der Waals surface area contributed by atoms with Crippen molar-refractivity contribution in [3.05, 3.63) is 12.7 Å². The highest BCUT2D eigenvalue weighted by Gasteiger charge is 2.19. The maximum Gasteiger partial charge on any atom is 0.246 e. The van der Waals surface area contributed by atoms with Crippen LogP contribution in [0.15, 0.2) is 12.7 Å². The van der Waals surface area contributed by atoms with E-state index in [1.165, 1.54) is 6.08 Å². The molecule has 0 spiro atoms. The van der Waals surface area contributed by atoms with E-state index in [-0.39, 0.29) is 11.9 Å². The summed E-state index contributed by atoms with van der Waals surface area (Å²) in [5.41, 5.74) is 0. The van der Waals surface area contributed by atoms with Gasteiger partial charge in [-0.1, -0.05) is 6.58 Å². The average Bonchev–Trinajstić information content (AvgIpc) is 2.41. The molecule has 1 atom stereocenters. The summed E-state index contributed by atoms with van der Waals surface area (Å²) in [6.45, 7) is 6.09. The van der Waals surface area contributed by atoms with Gasteiger partial charge in [0, 0.05) is 19.1 Å². The first kappa shape index (κ1) is 10.2. The summed E-state index contributed by atoms with van der Waals surface area (Å²) in [4.78, 5) is 13.1. The van der Waals surface area contributed by atoms with E-state index in [4.69, 9.17) is 4.74 Å². The molecule has 1 amide bonds. The van der Waals surface area contributed by atoms with Crippen LogP contribution in [-0.2, 0) is 9.53 Å². The zero-order valence-corrected chi connectivity index (χ0v) is 7.95. The number of nitrogens with zero attached hydrogens (tertiary/aromatic N) is 1. The van der Waals surface area contributed by atoms with Crippen molar-refractivity contribution >= 4 is 5.91 Å². The highest BCUT2D eigenvalue weighted by atomic mass is 16.5. The molecule has 0 aromatic heterocycles. The average molecular weight is 184 g/mol. The van der Waals surface area contributed by atoms with Crippen molar-refractivity contribution in [1.82, 2.24) is 10.2 Å². The van der Waals surface area contributed by atoms with Crippen molar-refractivity contribution in [2.45, 2.75) is 6.04 Å². The Morgan fingerprint density at radius 1 is 1.77 bits per heavy atom. The molecule has 13 heavy (non-hydrogen) atoms. The van der Waals surface area contributed by atoms with E-state index < -0.39 is 0 Å². The maximum atomic E-state index is 11.3. The summed E-state index contributed by atoms with van der Waals surface area (Å²) in [5, 5.41) is 3.10. The first-order valence-electron chi connectivity index (χ1n) is 4.44. The van der Waals surface area contributed by atoms with Crippen molar-refractivity contribution in [3.8, 4) is 0 Å². The molecule has 1 unspecified atom stereocenters. The minimum absolute atomic E-state index is 0.0225. The number of likely N-dealkylation sites (N-methyl/N-ethyl adjacent to an activating group) is 1. The standard InChI is InChI=1S/C9H16N2O2/c1-3-9(12)11-4-5-13-7-8(6-11)10-2/h3,8,10H,1,4-7H2,2H3. The maximum absolute atomic E-state index is 11.3. The molecule has 0 saturated carbocycles. The van der Waals surface area contributed by atoms with Gasteiger partial charge < -0.3 is 15.0 Å². The van der Waals surface area contributed by atoms with Gasteiger partial charge in [-0.3, -0.25) is 4.79 Å². The number of hydrogen-bond acceptors (Lipinski definition) is 3. The molecule has 1 rings (SSSR count). The van der Waals surface area contributed by atoms with Gasteiger partial charge in [0.15, 0.2) is 0 Å². The summed E-state index contributed by atoms with van der Waals surface area (Å²) >= 11 is 0. The third-order valence-corrected chi connectivity index (χ3v) is 2.16. The van der Waals surface area contributed by atoms with Gasteiger partial charge in [-0.25, -0.2) is 0 Å². The molecule has 1 heterocycles. The van der Waals surface area contributed by atoms with Crippen LogP contribution in [0, 0.1) is 0 Å². The number of nitrogens with one attached hydrogen (secondary N) is 1. The van der Waals surface area contributed by atoms with Crippen LogP contribution in [-0.4, -0.2) is 50.2 Å². The Hall–Kier alpha value is -0.870. The minimum Gasteiger partial charge on any atom is -0.378 e. The Morgan fingerprint density at radius 3 is 3.15 bits per heavy atom. The van der Waals surface area contributed by atoms with Gasteiger partial charge in [0.05, 0.1) is 13.2 Å². The van der Waals surface area contributed by atoms with Crippen LogP contribution in [0.4, 0.5) is 0 Å². The van der Waals surface area contributed by atoms with Crippen LogP contribution in [0.5, 0.6) is 0 Å². The molecule has 0 aromatic carbocycles. The predicted molar refractivity (Wildman–Crippen MR) is 50.4 cm³/mol. The topological polar surface area (TPSA) is 41.6 Å². The SMILES string of the molecule is C=CC(=O)N1CCOCC(NC)C1. The molecule has 1 fully saturated rings. The Bertz CT molecular complexity index is 194. The van der Waals surface area contributed by atoms with Crippen LogP contribution < -0.4 is 5.32 Å². The summed E-state index contributed by atoms with van der Waals surface area (Å²) in [6.07, 6.45) is 1.35. The van der Waals surface area contributed by atoms with Crippen LogP contribution in [0.2, 0.25) is 0 Å². The molecule has 4 nitrogen and oxygen atoms in total. The highest BCUT2D eigenvalue weighted by molar-refractivity contribution is 5.87. The summed E-state index contributed by atoms with van der Waals surface area (Å²) in [5.74, 6) is -0.0225. The second kappa shape index (κ2) is 4.99. The van der Waals surface area contributed by atoms with E-state index in [0.717, 1.165) is 0 Å². The van der Waals surface area contributed by atoms with Crippen LogP contribution >= 0.6 is 0 Å². The van der Waals surface area contributed by atoms with E-state index >= 15 is 0 Å². The molecule has 1 saturated heterocycles. The fourth-order valence-corrected chi connectivity index (χ4v) is 1.31. The van der Waals surface area contributed by atoms with E-state index in [1.807, 2.05) is 7.05 Å². The monoisotopic (exact) mass is 184 g/mol. The lowest BCUT2D eigenvalue weighted by Crippen LogP contribution is -2.42. The first-order valence-corrected chi connectivity index (χ1v) is 4.44. The normalized spacial score (nSPS) is 23.8. The number of hydrogen-bond donors (Lipinski definition) is 1. The van der Waals surface area contributed by atoms with E-state index in [1.54, 1.807) is 4.90 Å². The van der Waals surface area contributed by atoms with E-state index in [9.17, 15) is 4.79 Å². The predicted octanol–water partition coefficient (Wildman–Crippen LogP) is -0.381. The van der Waals surface area contributed by atoms with Gasteiger partial charge in [-0.15, -0.1) is 0 Å². The lowest BCUT2D eigenvalue weighted by molar-refractivity contribution is -0.126. The Kier molecular flexibility index (Phi) is 3.92. The summed E-state index contributed by atoms with van der Waals surface area (Å²) in [6, 6.07) is 0.228. The Labute approximate surface area is 78.5 Å². The molecular weight excluding hydrogens is 168 g/mol. The van der Waals surface area contributed by atoms with Crippen molar-refractivity contribution in [2.24, 2.45) is 0 Å². The lowest BCUT2D eigenvalue weighted by atomic mass is 10.3. The summed E-state index contributed by atoms with van der Waals surface area (Å²) in [7, 11) is 1.87. The third kappa shape index (κ3) is 2.82. The van der Waals surface area contributed by atoms with Crippen molar-refractivity contribution in [3.63, 3.8) is 0 Å². The molecule has 4 heteroatoms. The summed E-state index contributed by atoms with van der Waals surface area (Å²) < 4.78 is 5.33. The number of ether oxygens (including phenoxy) is 1. The minimum atomic E-state index is -0.0225. The number of carbonyl (C=O) groups is 1. The second-order valence-electron chi connectivity index (χ2n) is 3.05. The lowest BCUT2D eigenvalue weighted by Gasteiger charge is -2.21. The number of carbonyl (C=O) groups excluding carboxylic acids is 1. The van der Waals surface area contributed by atoms with Gasteiger partial charge in [0.25, 0.3) is 0 Å². The third-order valence-electron chi connectivity index (χ3n) is 2.16. The highest BCUT2D eigenvalue weighted by Crippen LogP contribution is 2.00. The van der Waals surface area contributed by atoms with Crippen LogP contribution in [0.1, 0.15) is 0 Å². The zero-order chi connectivity index (χ0) is 9.68. The quantitative estimate of drug-likeness (QED) is 0.595. The molecule has 1 aliphatic heterocycles. The second-order valence-corrected chi connectivity index (χ2v) is 3.05. The Morgan fingerprint density at radius 2 is 2.54 bits per heavy atom. The zero-order valence-electron chi connectivity index (χ0n) is 7.95. The number of amides is 1. The van der Waals surface area contributed by atoms with Crippen LogP contribution in [0.25, 0.3) is 0 Å². The van der Waals surface area contributed by atoms with Crippen molar-refractivity contribution < 1.29 is 9.53 Å². The molecule has 0 aliphatic carbocycles. The largest absolute Gasteiger partial charge is 0.378 e.